The molecule has 1 rings (SSSR count). The lowest BCUT2D eigenvalue weighted by molar-refractivity contribution is 0.281. The van der Waals surface area contributed by atoms with Gasteiger partial charge in [-0.25, -0.2) is 4.98 Å². The minimum atomic E-state index is -0.0387. The molecule has 0 spiro atoms. The van der Waals surface area contributed by atoms with Crippen molar-refractivity contribution in [3.8, 4) is 6.07 Å². The molecule has 3 heteroatoms. The van der Waals surface area contributed by atoms with E-state index in [4.69, 9.17) is 10.4 Å². The fourth-order valence-electron chi connectivity index (χ4n) is 0.860. The summed E-state index contributed by atoms with van der Waals surface area (Å²) in [5, 5.41) is 17.3. The van der Waals surface area contributed by atoms with E-state index in [1.54, 1.807) is 13.0 Å². The van der Waals surface area contributed by atoms with Gasteiger partial charge in [-0.05, 0) is 24.1 Å². The zero-order valence-electron chi connectivity index (χ0n) is 8.20. The smallest absolute Gasteiger partial charge is 0.143 e. The van der Waals surface area contributed by atoms with Crippen molar-refractivity contribution in [1.82, 2.24) is 4.98 Å². The Hall–Kier alpha value is -1.40. The standard InChI is InChI=1S/C8H8N2O.C2H6/c1-6-7(5-11)2-3-10-8(6)4-9;1-2/h2-3,11H,5H2,1H3;1-2H3. The number of aromatic nitrogens is 1. The van der Waals surface area contributed by atoms with E-state index in [1.807, 2.05) is 19.9 Å². The van der Waals surface area contributed by atoms with Gasteiger partial charge in [0.25, 0.3) is 0 Å². The van der Waals surface area contributed by atoms with E-state index in [2.05, 4.69) is 4.98 Å². The summed E-state index contributed by atoms with van der Waals surface area (Å²) in [5.74, 6) is 0. The van der Waals surface area contributed by atoms with Gasteiger partial charge in [0.1, 0.15) is 11.8 Å². The molecular formula is C10H14N2O. The Morgan fingerprint density at radius 3 is 2.62 bits per heavy atom. The van der Waals surface area contributed by atoms with Gasteiger partial charge in [-0.15, -0.1) is 0 Å². The molecule has 0 fully saturated rings. The average Bonchev–Trinajstić information content (AvgIpc) is 2.21. The topological polar surface area (TPSA) is 56.9 Å². The van der Waals surface area contributed by atoms with Gasteiger partial charge in [-0.3, -0.25) is 0 Å². The first-order chi connectivity index (χ1) is 6.29. The lowest BCUT2D eigenvalue weighted by Gasteiger charge is -2.00. The zero-order valence-corrected chi connectivity index (χ0v) is 8.20. The number of nitrogens with zero attached hydrogens (tertiary/aromatic N) is 2. The number of hydrogen-bond donors (Lipinski definition) is 1. The maximum atomic E-state index is 8.80. The first-order valence-electron chi connectivity index (χ1n) is 4.25. The lowest BCUT2D eigenvalue weighted by atomic mass is 10.1. The molecule has 1 N–H and O–H groups in total. The second kappa shape index (κ2) is 6.15. The van der Waals surface area contributed by atoms with Crippen LogP contribution in [-0.2, 0) is 6.61 Å². The number of rotatable bonds is 1. The van der Waals surface area contributed by atoms with Gasteiger partial charge in [0.15, 0.2) is 0 Å². The Labute approximate surface area is 78.7 Å². The molecule has 1 aromatic heterocycles. The molecule has 0 aliphatic carbocycles. The third kappa shape index (κ3) is 2.85. The lowest BCUT2D eigenvalue weighted by Crippen LogP contribution is -1.94. The molecule has 0 aliphatic heterocycles. The summed E-state index contributed by atoms with van der Waals surface area (Å²) >= 11 is 0. The second-order valence-electron chi connectivity index (χ2n) is 2.21. The molecule has 0 atom stereocenters. The maximum absolute atomic E-state index is 8.80. The molecule has 1 aromatic rings. The third-order valence-corrected chi connectivity index (χ3v) is 1.59. The quantitative estimate of drug-likeness (QED) is 0.713. The van der Waals surface area contributed by atoms with Crippen LogP contribution >= 0.6 is 0 Å². The normalized spacial score (nSPS) is 8.23. The van der Waals surface area contributed by atoms with E-state index in [1.165, 1.54) is 6.20 Å². The van der Waals surface area contributed by atoms with E-state index in [9.17, 15) is 0 Å². The largest absolute Gasteiger partial charge is 0.392 e. The van der Waals surface area contributed by atoms with Gasteiger partial charge in [-0.1, -0.05) is 13.8 Å². The Bertz CT molecular complexity index is 302. The molecule has 70 valence electrons. The van der Waals surface area contributed by atoms with Crippen LogP contribution in [0.4, 0.5) is 0 Å². The maximum Gasteiger partial charge on any atom is 0.143 e. The predicted molar refractivity (Wildman–Crippen MR) is 51.0 cm³/mol. The number of pyridine rings is 1. The predicted octanol–water partition coefficient (Wildman–Crippen LogP) is 1.78. The molecule has 0 bridgehead atoms. The molecule has 1 heterocycles. The number of nitriles is 1. The van der Waals surface area contributed by atoms with Crippen molar-refractivity contribution in [1.29, 1.82) is 5.26 Å². The van der Waals surface area contributed by atoms with Crippen LogP contribution in [-0.4, -0.2) is 10.1 Å². The fraction of sp³-hybridized carbons (Fsp3) is 0.400. The van der Waals surface area contributed by atoms with Crippen LogP contribution in [0, 0.1) is 18.3 Å². The number of aliphatic hydroxyl groups is 1. The van der Waals surface area contributed by atoms with Gasteiger partial charge in [0, 0.05) is 6.20 Å². The van der Waals surface area contributed by atoms with Crippen LogP contribution in [0.25, 0.3) is 0 Å². The monoisotopic (exact) mass is 178 g/mol. The Morgan fingerprint density at radius 2 is 2.15 bits per heavy atom. The van der Waals surface area contributed by atoms with Crippen molar-refractivity contribution in [2.45, 2.75) is 27.4 Å². The summed E-state index contributed by atoms with van der Waals surface area (Å²) < 4.78 is 0. The van der Waals surface area contributed by atoms with E-state index < -0.39 is 0 Å². The van der Waals surface area contributed by atoms with Crippen LogP contribution in [0.2, 0.25) is 0 Å². The molecule has 13 heavy (non-hydrogen) atoms. The van der Waals surface area contributed by atoms with Gasteiger partial charge < -0.3 is 5.11 Å². The van der Waals surface area contributed by atoms with E-state index in [0.717, 1.165) is 11.1 Å². The third-order valence-electron chi connectivity index (χ3n) is 1.59. The highest BCUT2D eigenvalue weighted by atomic mass is 16.3. The van der Waals surface area contributed by atoms with Gasteiger partial charge in [0.2, 0.25) is 0 Å². The molecule has 3 nitrogen and oxygen atoms in total. The van der Waals surface area contributed by atoms with Crippen LogP contribution in [0.1, 0.15) is 30.7 Å². The van der Waals surface area contributed by atoms with Crippen LogP contribution < -0.4 is 0 Å². The molecule has 0 saturated heterocycles. The van der Waals surface area contributed by atoms with E-state index in [0.29, 0.717) is 5.69 Å². The fourth-order valence-corrected chi connectivity index (χ4v) is 0.860. The molecule has 0 aromatic carbocycles. The van der Waals surface area contributed by atoms with Crippen molar-refractivity contribution in [2.75, 3.05) is 0 Å². The summed E-state index contributed by atoms with van der Waals surface area (Å²) in [6.07, 6.45) is 1.52. The van der Waals surface area contributed by atoms with Crippen molar-refractivity contribution < 1.29 is 5.11 Å². The minimum absolute atomic E-state index is 0.0387. The summed E-state index contributed by atoms with van der Waals surface area (Å²) in [6, 6.07) is 3.65. The molecule has 0 unspecified atom stereocenters. The Balaban J connectivity index is 0.000000671. The summed E-state index contributed by atoms with van der Waals surface area (Å²) in [7, 11) is 0. The van der Waals surface area contributed by atoms with Crippen molar-refractivity contribution in [2.24, 2.45) is 0 Å². The Kier molecular flexibility index (Phi) is 5.49. The summed E-state index contributed by atoms with van der Waals surface area (Å²) in [5.41, 5.74) is 1.91. The average molecular weight is 178 g/mol. The first-order valence-corrected chi connectivity index (χ1v) is 4.25. The SMILES string of the molecule is CC.Cc1c(CO)ccnc1C#N. The number of aliphatic hydroxyl groups excluding tert-OH is 1. The second-order valence-corrected chi connectivity index (χ2v) is 2.21. The van der Waals surface area contributed by atoms with E-state index >= 15 is 0 Å². The van der Waals surface area contributed by atoms with Gasteiger partial charge in [0.05, 0.1) is 6.61 Å². The number of hydrogen-bond acceptors (Lipinski definition) is 3. The zero-order chi connectivity index (χ0) is 10.3. The minimum Gasteiger partial charge on any atom is -0.392 e. The molecule has 0 aliphatic rings. The summed E-state index contributed by atoms with van der Waals surface area (Å²) in [6.45, 7) is 5.74. The van der Waals surface area contributed by atoms with Gasteiger partial charge in [-0.2, -0.15) is 5.26 Å². The van der Waals surface area contributed by atoms with Crippen molar-refractivity contribution >= 4 is 0 Å². The van der Waals surface area contributed by atoms with Crippen LogP contribution in [0.15, 0.2) is 12.3 Å². The molecule has 0 saturated carbocycles. The Morgan fingerprint density at radius 1 is 1.54 bits per heavy atom. The molecular weight excluding hydrogens is 164 g/mol. The summed E-state index contributed by atoms with van der Waals surface area (Å²) in [4.78, 5) is 3.83. The highest BCUT2D eigenvalue weighted by Crippen LogP contribution is 2.09. The highest BCUT2D eigenvalue weighted by Gasteiger charge is 2.01. The van der Waals surface area contributed by atoms with Crippen molar-refractivity contribution in [3.05, 3.63) is 29.1 Å². The van der Waals surface area contributed by atoms with Crippen molar-refractivity contribution in [3.63, 3.8) is 0 Å². The first kappa shape index (κ1) is 11.6. The molecule has 0 radical (unpaired) electrons. The van der Waals surface area contributed by atoms with Crippen LogP contribution in [0.5, 0.6) is 0 Å². The molecule has 0 amide bonds. The van der Waals surface area contributed by atoms with E-state index in [-0.39, 0.29) is 6.61 Å². The highest BCUT2D eigenvalue weighted by molar-refractivity contribution is 5.35. The van der Waals surface area contributed by atoms with Crippen LogP contribution in [0.3, 0.4) is 0 Å². The van der Waals surface area contributed by atoms with Gasteiger partial charge >= 0.3 is 0 Å².